The molecule has 1 N–H and O–H groups in total. The van der Waals surface area contributed by atoms with Gasteiger partial charge in [0, 0.05) is 18.7 Å². The molecule has 1 aromatic carbocycles. The number of rotatable bonds is 5. The van der Waals surface area contributed by atoms with E-state index in [-0.39, 0.29) is 5.82 Å². The fraction of sp³-hybridized carbons (Fsp3) is 0.267. The number of ether oxygens (including phenoxy) is 1. The number of nitrogens with one attached hydrogen (secondary N) is 1. The van der Waals surface area contributed by atoms with Crippen molar-refractivity contribution in [1.82, 2.24) is 10.3 Å². The van der Waals surface area contributed by atoms with Crippen molar-refractivity contribution >= 4 is 0 Å². The summed E-state index contributed by atoms with van der Waals surface area (Å²) in [5.41, 5.74) is 0.950. The zero-order valence-electron chi connectivity index (χ0n) is 10.5. The third-order valence-electron chi connectivity index (χ3n) is 2.97. The fourth-order valence-electron chi connectivity index (χ4n) is 1.77. The number of halogens is 1. The second-order valence-corrected chi connectivity index (χ2v) is 4.68. The van der Waals surface area contributed by atoms with Crippen molar-refractivity contribution in [3.8, 4) is 11.6 Å². The zero-order valence-corrected chi connectivity index (χ0v) is 10.5. The quantitative estimate of drug-likeness (QED) is 0.893. The molecule has 1 aliphatic rings. The first-order valence-electron chi connectivity index (χ1n) is 6.42. The maximum atomic E-state index is 12.8. The number of benzene rings is 1. The molecule has 0 radical (unpaired) electrons. The fourth-order valence-corrected chi connectivity index (χ4v) is 1.77. The van der Waals surface area contributed by atoms with Gasteiger partial charge in [-0.25, -0.2) is 9.37 Å². The number of pyridine rings is 1. The van der Waals surface area contributed by atoms with Crippen LogP contribution in [0.2, 0.25) is 0 Å². The third kappa shape index (κ3) is 3.51. The smallest absolute Gasteiger partial charge is 0.219 e. The largest absolute Gasteiger partial charge is 0.439 e. The minimum absolute atomic E-state index is 0.275. The first kappa shape index (κ1) is 12.1. The molecule has 0 aliphatic heterocycles. The van der Waals surface area contributed by atoms with Crippen LogP contribution in [0.4, 0.5) is 4.39 Å². The second-order valence-electron chi connectivity index (χ2n) is 4.68. The van der Waals surface area contributed by atoms with Crippen molar-refractivity contribution in [3.63, 3.8) is 0 Å². The maximum absolute atomic E-state index is 12.8. The Bertz CT molecular complexity index is 552. The van der Waals surface area contributed by atoms with Crippen LogP contribution in [0.15, 0.2) is 42.5 Å². The maximum Gasteiger partial charge on any atom is 0.219 e. The molecule has 0 unspecified atom stereocenters. The lowest BCUT2D eigenvalue weighted by atomic mass is 10.3. The molecule has 3 rings (SSSR count). The Morgan fingerprint density at radius 1 is 1.16 bits per heavy atom. The highest BCUT2D eigenvalue weighted by molar-refractivity contribution is 5.27. The number of hydrogen-bond acceptors (Lipinski definition) is 3. The van der Waals surface area contributed by atoms with Crippen molar-refractivity contribution in [2.75, 3.05) is 0 Å². The molecule has 2 aromatic rings. The van der Waals surface area contributed by atoms with Gasteiger partial charge in [-0.05, 0) is 43.2 Å². The first-order valence-corrected chi connectivity index (χ1v) is 6.42. The highest BCUT2D eigenvalue weighted by Crippen LogP contribution is 2.21. The van der Waals surface area contributed by atoms with Gasteiger partial charge in [0.05, 0.1) is 5.69 Å². The first-order chi connectivity index (χ1) is 9.29. The van der Waals surface area contributed by atoms with Gasteiger partial charge in [-0.1, -0.05) is 6.07 Å². The summed E-state index contributed by atoms with van der Waals surface area (Å²) in [5, 5.41) is 3.40. The van der Waals surface area contributed by atoms with Crippen molar-refractivity contribution in [1.29, 1.82) is 0 Å². The average molecular weight is 258 g/mol. The molecule has 1 fully saturated rings. The topological polar surface area (TPSA) is 34.1 Å². The van der Waals surface area contributed by atoms with E-state index in [0.29, 0.717) is 17.7 Å². The van der Waals surface area contributed by atoms with E-state index >= 15 is 0 Å². The Balaban J connectivity index is 1.66. The number of nitrogens with zero attached hydrogens (tertiary/aromatic N) is 1. The van der Waals surface area contributed by atoms with E-state index in [1.165, 1.54) is 25.0 Å². The van der Waals surface area contributed by atoms with Crippen LogP contribution in [0.5, 0.6) is 11.6 Å². The van der Waals surface area contributed by atoms with E-state index in [4.69, 9.17) is 4.74 Å². The van der Waals surface area contributed by atoms with Crippen molar-refractivity contribution in [2.45, 2.75) is 25.4 Å². The second kappa shape index (κ2) is 5.36. The van der Waals surface area contributed by atoms with Gasteiger partial charge >= 0.3 is 0 Å². The molecule has 1 saturated carbocycles. The molecule has 0 bridgehead atoms. The standard InChI is InChI=1S/C15H15FN2O/c16-11-4-8-14(9-5-11)19-15-3-1-2-13(18-15)10-17-12-6-7-12/h1-5,8-9,12,17H,6-7,10H2. The van der Waals surface area contributed by atoms with Crippen LogP contribution < -0.4 is 10.1 Å². The molecule has 3 nitrogen and oxygen atoms in total. The van der Waals surface area contributed by atoms with Gasteiger partial charge in [0.1, 0.15) is 11.6 Å². The summed E-state index contributed by atoms with van der Waals surface area (Å²) >= 11 is 0. The Morgan fingerprint density at radius 3 is 2.68 bits per heavy atom. The number of hydrogen-bond donors (Lipinski definition) is 1. The molecule has 1 aliphatic carbocycles. The Morgan fingerprint density at radius 2 is 1.95 bits per heavy atom. The normalized spacial score (nSPS) is 14.4. The van der Waals surface area contributed by atoms with Crippen LogP contribution in [0.1, 0.15) is 18.5 Å². The lowest BCUT2D eigenvalue weighted by molar-refractivity contribution is 0.458. The molecular weight excluding hydrogens is 243 g/mol. The van der Waals surface area contributed by atoms with Crippen LogP contribution >= 0.6 is 0 Å². The molecular formula is C15H15FN2O. The summed E-state index contributed by atoms with van der Waals surface area (Å²) in [6.45, 7) is 0.755. The Kier molecular flexibility index (Phi) is 3.42. The lowest BCUT2D eigenvalue weighted by Crippen LogP contribution is -2.16. The SMILES string of the molecule is Fc1ccc(Oc2cccc(CNC3CC3)n2)cc1. The summed E-state index contributed by atoms with van der Waals surface area (Å²) in [5.74, 6) is 0.839. The van der Waals surface area contributed by atoms with Crippen molar-refractivity contribution < 1.29 is 9.13 Å². The highest BCUT2D eigenvalue weighted by Gasteiger charge is 2.20. The van der Waals surface area contributed by atoms with Crippen LogP contribution in [-0.4, -0.2) is 11.0 Å². The van der Waals surface area contributed by atoms with E-state index in [2.05, 4.69) is 10.3 Å². The van der Waals surface area contributed by atoms with E-state index in [1.807, 2.05) is 12.1 Å². The number of aromatic nitrogens is 1. The van der Waals surface area contributed by atoms with E-state index < -0.39 is 0 Å². The molecule has 0 spiro atoms. The van der Waals surface area contributed by atoms with E-state index in [0.717, 1.165) is 12.2 Å². The minimum Gasteiger partial charge on any atom is -0.439 e. The summed E-state index contributed by atoms with van der Waals surface area (Å²) in [4.78, 5) is 4.41. The highest BCUT2D eigenvalue weighted by atomic mass is 19.1. The lowest BCUT2D eigenvalue weighted by Gasteiger charge is -2.07. The van der Waals surface area contributed by atoms with Gasteiger partial charge in [-0.2, -0.15) is 0 Å². The van der Waals surface area contributed by atoms with Gasteiger partial charge in [-0.15, -0.1) is 0 Å². The van der Waals surface area contributed by atoms with E-state index in [1.54, 1.807) is 18.2 Å². The molecule has 19 heavy (non-hydrogen) atoms. The van der Waals surface area contributed by atoms with Gasteiger partial charge in [-0.3, -0.25) is 0 Å². The zero-order chi connectivity index (χ0) is 13.1. The average Bonchev–Trinajstić information content (AvgIpc) is 3.24. The summed E-state index contributed by atoms with van der Waals surface area (Å²) in [6, 6.07) is 12.2. The van der Waals surface area contributed by atoms with Gasteiger partial charge in [0.2, 0.25) is 5.88 Å². The molecule has 4 heteroatoms. The molecule has 0 atom stereocenters. The molecule has 0 amide bonds. The van der Waals surface area contributed by atoms with Crippen molar-refractivity contribution in [2.24, 2.45) is 0 Å². The molecule has 1 aromatic heterocycles. The molecule has 0 saturated heterocycles. The van der Waals surface area contributed by atoms with Gasteiger partial charge < -0.3 is 10.1 Å². The summed E-state index contributed by atoms with van der Waals surface area (Å²) in [7, 11) is 0. The Labute approximate surface area is 111 Å². The van der Waals surface area contributed by atoms with Crippen LogP contribution in [0.3, 0.4) is 0 Å². The van der Waals surface area contributed by atoms with Crippen molar-refractivity contribution in [3.05, 3.63) is 54.0 Å². The summed E-state index contributed by atoms with van der Waals surface area (Å²) < 4.78 is 18.4. The van der Waals surface area contributed by atoms with Gasteiger partial charge in [0.15, 0.2) is 0 Å². The molecule has 1 heterocycles. The summed E-state index contributed by atoms with van der Waals surface area (Å²) in [6.07, 6.45) is 2.51. The predicted molar refractivity (Wildman–Crippen MR) is 70.6 cm³/mol. The predicted octanol–water partition coefficient (Wildman–Crippen LogP) is 3.27. The Hall–Kier alpha value is -1.94. The van der Waals surface area contributed by atoms with E-state index in [9.17, 15) is 4.39 Å². The van der Waals surface area contributed by atoms with Crippen LogP contribution in [-0.2, 0) is 6.54 Å². The van der Waals surface area contributed by atoms with Crippen LogP contribution in [0.25, 0.3) is 0 Å². The van der Waals surface area contributed by atoms with Crippen LogP contribution in [0, 0.1) is 5.82 Å². The monoisotopic (exact) mass is 258 g/mol. The minimum atomic E-state index is -0.275. The molecule has 98 valence electrons. The van der Waals surface area contributed by atoms with Gasteiger partial charge in [0.25, 0.3) is 0 Å². The third-order valence-corrected chi connectivity index (χ3v) is 2.97.